The van der Waals surface area contributed by atoms with Gasteiger partial charge >= 0.3 is 0 Å². The number of hydrogen-bond donors (Lipinski definition) is 1. The van der Waals surface area contributed by atoms with E-state index < -0.39 is 0 Å². The molecule has 0 aliphatic rings. The van der Waals surface area contributed by atoms with Crippen LogP contribution in [0.3, 0.4) is 0 Å². The van der Waals surface area contributed by atoms with E-state index >= 15 is 0 Å². The molecule has 100 valence electrons. The zero-order valence-electron chi connectivity index (χ0n) is 10.9. The van der Waals surface area contributed by atoms with Crippen LogP contribution in [0.15, 0.2) is 42.6 Å². The van der Waals surface area contributed by atoms with Gasteiger partial charge in [-0.1, -0.05) is 36.2 Å². The Balaban J connectivity index is 2.34. The van der Waals surface area contributed by atoms with Crippen molar-refractivity contribution in [1.29, 1.82) is 0 Å². The van der Waals surface area contributed by atoms with Gasteiger partial charge in [0, 0.05) is 33.9 Å². The highest BCUT2D eigenvalue weighted by Crippen LogP contribution is 2.32. The highest BCUT2D eigenvalue weighted by atomic mass is 35.5. The maximum absolute atomic E-state index is 6.07. The van der Waals surface area contributed by atoms with E-state index in [0.29, 0.717) is 10.0 Å². The fraction of sp³-hybridized carbons (Fsp3) is 0.267. The Hall–Kier alpha value is -1.09. The Labute approximate surface area is 123 Å². The molecule has 1 aromatic heterocycles. The van der Waals surface area contributed by atoms with Crippen LogP contribution in [0.5, 0.6) is 0 Å². The van der Waals surface area contributed by atoms with Gasteiger partial charge in [-0.3, -0.25) is 4.98 Å². The molecule has 2 aromatic rings. The molecule has 0 amide bonds. The maximum atomic E-state index is 6.07. The van der Waals surface area contributed by atoms with Crippen LogP contribution in [-0.2, 0) is 0 Å². The average molecular weight is 295 g/mol. The highest BCUT2D eigenvalue weighted by Gasteiger charge is 2.20. The van der Waals surface area contributed by atoms with Crippen LogP contribution in [-0.4, -0.2) is 12.0 Å². The second-order valence-corrected chi connectivity index (χ2v) is 5.39. The standard InChI is InChI=1S/C15H16Cl2N2/c1-10(14-5-3-4-6-19-14)15(18-2)11-7-12(16)9-13(17)8-11/h3-10,15,18H,1-2H3. The smallest absolute Gasteiger partial charge is 0.0450 e. The lowest BCUT2D eigenvalue weighted by molar-refractivity contribution is 0.499. The van der Waals surface area contributed by atoms with Crippen molar-refractivity contribution in [3.05, 3.63) is 63.9 Å². The van der Waals surface area contributed by atoms with Crippen LogP contribution >= 0.6 is 23.2 Å². The van der Waals surface area contributed by atoms with Crippen LogP contribution in [0.25, 0.3) is 0 Å². The lowest BCUT2D eigenvalue weighted by Crippen LogP contribution is -2.22. The van der Waals surface area contributed by atoms with Crippen molar-refractivity contribution in [2.75, 3.05) is 7.05 Å². The predicted octanol–water partition coefficient (Wildman–Crippen LogP) is 4.45. The zero-order valence-corrected chi connectivity index (χ0v) is 12.4. The quantitative estimate of drug-likeness (QED) is 0.901. The van der Waals surface area contributed by atoms with E-state index in [4.69, 9.17) is 23.2 Å². The van der Waals surface area contributed by atoms with E-state index in [1.54, 1.807) is 6.07 Å². The van der Waals surface area contributed by atoms with Crippen LogP contribution < -0.4 is 5.32 Å². The molecule has 2 nitrogen and oxygen atoms in total. The van der Waals surface area contributed by atoms with Gasteiger partial charge in [0.05, 0.1) is 0 Å². The molecule has 1 aromatic carbocycles. The number of aromatic nitrogens is 1. The number of nitrogens with zero attached hydrogens (tertiary/aromatic N) is 1. The molecular formula is C15H16Cl2N2. The molecule has 0 aliphatic carbocycles. The van der Waals surface area contributed by atoms with Crippen molar-refractivity contribution in [2.45, 2.75) is 18.9 Å². The summed E-state index contributed by atoms with van der Waals surface area (Å²) in [5.74, 6) is 0.223. The summed E-state index contributed by atoms with van der Waals surface area (Å²) >= 11 is 12.1. The molecule has 2 unspecified atom stereocenters. The van der Waals surface area contributed by atoms with E-state index in [0.717, 1.165) is 11.3 Å². The van der Waals surface area contributed by atoms with Gasteiger partial charge < -0.3 is 5.32 Å². The third-order valence-electron chi connectivity index (χ3n) is 3.21. The minimum Gasteiger partial charge on any atom is -0.312 e. The molecule has 0 bridgehead atoms. The molecule has 19 heavy (non-hydrogen) atoms. The second-order valence-electron chi connectivity index (χ2n) is 4.51. The van der Waals surface area contributed by atoms with Crippen molar-refractivity contribution >= 4 is 23.2 Å². The van der Waals surface area contributed by atoms with E-state index in [1.165, 1.54) is 0 Å². The molecule has 1 N–H and O–H groups in total. The number of likely N-dealkylation sites (N-methyl/N-ethyl adjacent to an activating group) is 1. The SMILES string of the molecule is CNC(c1cc(Cl)cc(Cl)c1)C(C)c1ccccn1. The Kier molecular flexibility index (Phi) is 4.81. The van der Waals surface area contributed by atoms with Crippen LogP contribution in [0.2, 0.25) is 10.0 Å². The van der Waals surface area contributed by atoms with E-state index in [2.05, 4.69) is 17.2 Å². The Morgan fingerprint density at radius 1 is 1.11 bits per heavy atom. The summed E-state index contributed by atoms with van der Waals surface area (Å²) in [7, 11) is 1.93. The Bertz CT molecular complexity index is 523. The van der Waals surface area contributed by atoms with E-state index in [1.807, 2.05) is 43.6 Å². The van der Waals surface area contributed by atoms with Crippen molar-refractivity contribution in [3.8, 4) is 0 Å². The number of hydrogen-bond acceptors (Lipinski definition) is 2. The van der Waals surface area contributed by atoms with E-state index in [-0.39, 0.29) is 12.0 Å². The number of halogens is 2. The largest absolute Gasteiger partial charge is 0.312 e. The second kappa shape index (κ2) is 6.38. The maximum Gasteiger partial charge on any atom is 0.0450 e. The topological polar surface area (TPSA) is 24.9 Å². The minimum absolute atomic E-state index is 0.117. The van der Waals surface area contributed by atoms with Crippen molar-refractivity contribution in [3.63, 3.8) is 0 Å². The third kappa shape index (κ3) is 3.47. The molecule has 0 saturated carbocycles. The molecule has 0 radical (unpaired) electrons. The monoisotopic (exact) mass is 294 g/mol. The first-order valence-corrected chi connectivity index (χ1v) is 6.91. The number of rotatable bonds is 4. The number of benzene rings is 1. The molecule has 0 aliphatic heterocycles. The van der Waals surface area contributed by atoms with Crippen molar-refractivity contribution in [1.82, 2.24) is 10.3 Å². The lowest BCUT2D eigenvalue weighted by Gasteiger charge is -2.24. The first-order chi connectivity index (χ1) is 9.11. The summed E-state index contributed by atoms with van der Waals surface area (Å²) < 4.78 is 0. The number of nitrogens with one attached hydrogen (secondary N) is 1. The van der Waals surface area contributed by atoms with Crippen LogP contribution in [0, 0.1) is 0 Å². The summed E-state index contributed by atoms with van der Waals surface area (Å²) in [6.45, 7) is 2.14. The van der Waals surface area contributed by atoms with Gasteiger partial charge in [-0.2, -0.15) is 0 Å². The van der Waals surface area contributed by atoms with Gasteiger partial charge in [0.1, 0.15) is 0 Å². The Morgan fingerprint density at radius 3 is 2.32 bits per heavy atom. The summed E-state index contributed by atoms with van der Waals surface area (Å²) in [5, 5.41) is 4.61. The molecule has 0 spiro atoms. The normalized spacial score (nSPS) is 14.1. The molecule has 2 atom stereocenters. The fourth-order valence-corrected chi connectivity index (χ4v) is 2.82. The summed E-state index contributed by atoms with van der Waals surface area (Å²) in [4.78, 5) is 4.41. The van der Waals surface area contributed by atoms with Crippen LogP contribution in [0.1, 0.15) is 30.1 Å². The van der Waals surface area contributed by atoms with Gasteiger partial charge in [-0.25, -0.2) is 0 Å². The predicted molar refractivity (Wildman–Crippen MR) is 80.9 cm³/mol. The molecular weight excluding hydrogens is 279 g/mol. The van der Waals surface area contributed by atoms with Crippen LogP contribution in [0.4, 0.5) is 0 Å². The van der Waals surface area contributed by atoms with Gasteiger partial charge in [0.25, 0.3) is 0 Å². The van der Waals surface area contributed by atoms with Crippen molar-refractivity contribution in [2.24, 2.45) is 0 Å². The first-order valence-electron chi connectivity index (χ1n) is 6.16. The number of pyridine rings is 1. The minimum atomic E-state index is 0.117. The molecule has 1 heterocycles. The lowest BCUT2D eigenvalue weighted by atomic mass is 9.91. The zero-order chi connectivity index (χ0) is 13.8. The van der Waals surface area contributed by atoms with E-state index in [9.17, 15) is 0 Å². The van der Waals surface area contributed by atoms with Gasteiger partial charge in [0.15, 0.2) is 0 Å². The third-order valence-corrected chi connectivity index (χ3v) is 3.65. The average Bonchev–Trinajstić information content (AvgIpc) is 2.39. The van der Waals surface area contributed by atoms with Gasteiger partial charge in [0.2, 0.25) is 0 Å². The van der Waals surface area contributed by atoms with Gasteiger partial charge in [-0.15, -0.1) is 0 Å². The molecule has 2 rings (SSSR count). The fourth-order valence-electron chi connectivity index (χ4n) is 2.28. The van der Waals surface area contributed by atoms with Crippen molar-refractivity contribution < 1.29 is 0 Å². The molecule has 4 heteroatoms. The summed E-state index contributed by atoms with van der Waals surface area (Å²) in [6, 6.07) is 11.7. The summed E-state index contributed by atoms with van der Waals surface area (Å²) in [5.41, 5.74) is 2.11. The Morgan fingerprint density at radius 2 is 1.79 bits per heavy atom. The van der Waals surface area contributed by atoms with Gasteiger partial charge in [-0.05, 0) is 42.9 Å². The summed E-state index contributed by atoms with van der Waals surface area (Å²) in [6.07, 6.45) is 1.81. The first kappa shape index (κ1) is 14.3. The highest BCUT2D eigenvalue weighted by molar-refractivity contribution is 6.34. The molecule has 0 fully saturated rings. The molecule has 0 saturated heterocycles.